The first kappa shape index (κ1) is 19.3. The fourth-order valence-electron chi connectivity index (χ4n) is 4.14. The maximum Gasteiger partial charge on any atom is 0.330 e. The van der Waals surface area contributed by atoms with Gasteiger partial charge in [0.05, 0.1) is 11.4 Å². The SMILES string of the molecule is N=C(N)SCCCc1[nH]c2ccccc2c1-c1c[nH]c(=O)n1-c1c[nH]c2ccccc12. The lowest BCUT2D eigenvalue weighted by molar-refractivity contribution is 0.905. The summed E-state index contributed by atoms with van der Waals surface area (Å²) < 4.78 is 1.74. The fraction of sp³-hybridized carbons (Fsp3) is 0.130. The van der Waals surface area contributed by atoms with Gasteiger partial charge in [-0.15, -0.1) is 0 Å². The highest BCUT2D eigenvalue weighted by atomic mass is 32.2. The normalized spacial score (nSPS) is 11.5. The lowest BCUT2D eigenvalue weighted by atomic mass is 10.0. The number of rotatable bonds is 6. The molecule has 0 saturated heterocycles. The molecule has 0 fully saturated rings. The van der Waals surface area contributed by atoms with E-state index in [2.05, 4.69) is 21.0 Å². The minimum Gasteiger partial charge on any atom is -0.379 e. The van der Waals surface area contributed by atoms with Crippen LogP contribution in [0.4, 0.5) is 0 Å². The summed E-state index contributed by atoms with van der Waals surface area (Å²) in [5, 5.41) is 9.61. The van der Waals surface area contributed by atoms with Crippen molar-refractivity contribution in [3.63, 3.8) is 0 Å². The highest BCUT2D eigenvalue weighted by Crippen LogP contribution is 2.35. The van der Waals surface area contributed by atoms with Gasteiger partial charge in [0.2, 0.25) is 0 Å². The fourth-order valence-corrected chi connectivity index (χ4v) is 4.65. The van der Waals surface area contributed by atoms with E-state index in [-0.39, 0.29) is 10.9 Å². The smallest absolute Gasteiger partial charge is 0.330 e. The molecule has 0 amide bonds. The summed E-state index contributed by atoms with van der Waals surface area (Å²) in [7, 11) is 0. The lowest BCUT2D eigenvalue weighted by Gasteiger charge is -2.09. The summed E-state index contributed by atoms with van der Waals surface area (Å²) in [4.78, 5) is 22.6. The molecule has 3 heterocycles. The van der Waals surface area contributed by atoms with Gasteiger partial charge in [0.15, 0.2) is 5.17 Å². The molecule has 0 aliphatic carbocycles. The molecule has 3 aromatic heterocycles. The van der Waals surface area contributed by atoms with Crippen molar-refractivity contribution in [2.24, 2.45) is 5.73 Å². The van der Waals surface area contributed by atoms with Gasteiger partial charge in [0.25, 0.3) is 0 Å². The van der Waals surface area contributed by atoms with E-state index in [1.54, 1.807) is 10.8 Å². The number of amidine groups is 1. The second-order valence-corrected chi connectivity index (χ2v) is 8.51. The van der Waals surface area contributed by atoms with Crippen LogP contribution in [0.1, 0.15) is 12.1 Å². The Labute approximate surface area is 182 Å². The second-order valence-electron chi connectivity index (χ2n) is 7.37. The van der Waals surface area contributed by atoms with Crippen LogP contribution >= 0.6 is 11.8 Å². The maximum absolute atomic E-state index is 12.9. The van der Waals surface area contributed by atoms with E-state index in [1.807, 2.05) is 48.7 Å². The third-order valence-corrected chi connectivity index (χ3v) is 6.26. The molecule has 0 aliphatic heterocycles. The van der Waals surface area contributed by atoms with Gasteiger partial charge in [-0.25, -0.2) is 4.79 Å². The summed E-state index contributed by atoms with van der Waals surface area (Å²) in [6.45, 7) is 0. The Bertz CT molecular complexity index is 1450. The van der Waals surface area contributed by atoms with Gasteiger partial charge in [0, 0.05) is 51.2 Å². The molecular weight excluding hydrogens is 408 g/mol. The molecule has 2 aromatic carbocycles. The zero-order chi connectivity index (χ0) is 21.4. The number of hydrogen-bond donors (Lipinski definition) is 5. The van der Waals surface area contributed by atoms with Gasteiger partial charge in [0.1, 0.15) is 0 Å². The Morgan fingerprint density at radius 3 is 2.55 bits per heavy atom. The lowest BCUT2D eigenvalue weighted by Crippen LogP contribution is -2.15. The van der Waals surface area contributed by atoms with Crippen LogP contribution in [0.15, 0.2) is 65.7 Å². The van der Waals surface area contributed by atoms with Crippen molar-refractivity contribution in [2.75, 3.05) is 5.75 Å². The molecule has 0 spiro atoms. The van der Waals surface area contributed by atoms with Crippen molar-refractivity contribution in [3.8, 4) is 16.9 Å². The largest absolute Gasteiger partial charge is 0.379 e. The van der Waals surface area contributed by atoms with Gasteiger partial charge in [-0.3, -0.25) is 9.98 Å². The average Bonchev–Trinajstić information content (AvgIpc) is 3.45. The van der Waals surface area contributed by atoms with Crippen molar-refractivity contribution in [3.05, 3.63) is 77.1 Å². The number of aromatic amines is 3. The predicted molar refractivity (Wildman–Crippen MR) is 128 cm³/mol. The van der Waals surface area contributed by atoms with Crippen molar-refractivity contribution in [1.29, 1.82) is 5.41 Å². The van der Waals surface area contributed by atoms with Gasteiger partial charge in [-0.2, -0.15) is 0 Å². The molecule has 5 aromatic rings. The summed E-state index contributed by atoms with van der Waals surface area (Å²) in [5.74, 6) is 0.770. The molecule has 0 bridgehead atoms. The Morgan fingerprint density at radius 1 is 1.00 bits per heavy atom. The quantitative estimate of drug-likeness (QED) is 0.156. The number of H-pyrrole nitrogens is 3. The van der Waals surface area contributed by atoms with Crippen LogP contribution in [0.25, 0.3) is 38.8 Å². The molecule has 6 N–H and O–H groups in total. The number of fused-ring (bicyclic) bond motifs is 2. The van der Waals surface area contributed by atoms with Crippen LogP contribution < -0.4 is 11.4 Å². The number of aryl methyl sites for hydroxylation is 1. The van der Waals surface area contributed by atoms with Crippen molar-refractivity contribution in [1.82, 2.24) is 19.5 Å². The van der Waals surface area contributed by atoms with Crippen molar-refractivity contribution < 1.29 is 0 Å². The molecule has 0 unspecified atom stereocenters. The van der Waals surface area contributed by atoms with Crippen LogP contribution in [0.3, 0.4) is 0 Å². The number of imidazole rings is 1. The number of thioether (sulfide) groups is 1. The van der Waals surface area contributed by atoms with Gasteiger partial charge >= 0.3 is 5.69 Å². The van der Waals surface area contributed by atoms with E-state index in [0.717, 1.165) is 63.0 Å². The van der Waals surface area contributed by atoms with Crippen LogP contribution in [-0.2, 0) is 6.42 Å². The number of aromatic nitrogens is 4. The molecular formula is C23H22N6OS. The molecule has 7 nitrogen and oxygen atoms in total. The Balaban J connectivity index is 1.66. The molecule has 0 saturated carbocycles. The van der Waals surface area contributed by atoms with Gasteiger partial charge in [-0.05, 0) is 25.0 Å². The Kier molecular flexibility index (Phi) is 4.91. The first-order valence-corrected chi connectivity index (χ1v) is 11.1. The topological polar surface area (TPSA) is 119 Å². The number of nitrogens with two attached hydrogens (primary N) is 1. The molecule has 8 heteroatoms. The standard InChI is InChI=1S/C23H22N6OS/c24-22(25)31-11-5-10-18-21(15-7-2-4-9-17(15)28-18)20-13-27-23(30)29(20)19-12-26-16-8-3-1-6-14(16)19/h1-4,6-9,12-13,26,28H,5,10-11H2,(H3,24,25)(H,27,30). The van der Waals surface area contributed by atoms with E-state index in [0.29, 0.717) is 0 Å². The third kappa shape index (κ3) is 3.44. The van der Waals surface area contributed by atoms with Gasteiger partial charge < -0.3 is 20.7 Å². The van der Waals surface area contributed by atoms with E-state index < -0.39 is 0 Å². The molecule has 0 radical (unpaired) electrons. The van der Waals surface area contributed by atoms with Crippen LogP contribution in [0.5, 0.6) is 0 Å². The zero-order valence-corrected chi connectivity index (χ0v) is 17.6. The van der Waals surface area contributed by atoms with Crippen molar-refractivity contribution >= 4 is 38.7 Å². The van der Waals surface area contributed by atoms with Crippen LogP contribution in [-0.4, -0.2) is 30.4 Å². The second kappa shape index (κ2) is 7.88. The minimum atomic E-state index is -0.178. The van der Waals surface area contributed by atoms with E-state index in [9.17, 15) is 4.79 Å². The first-order chi connectivity index (χ1) is 15.1. The average molecular weight is 431 g/mol. The summed E-state index contributed by atoms with van der Waals surface area (Å²) in [6, 6.07) is 16.1. The molecule has 156 valence electrons. The monoisotopic (exact) mass is 430 g/mol. The Morgan fingerprint density at radius 2 is 1.74 bits per heavy atom. The summed E-state index contributed by atoms with van der Waals surface area (Å²) in [6.07, 6.45) is 5.32. The van der Waals surface area contributed by atoms with E-state index in [1.165, 1.54) is 11.8 Å². The Hall–Kier alpha value is -3.65. The molecule has 5 rings (SSSR count). The van der Waals surface area contributed by atoms with Crippen LogP contribution in [0.2, 0.25) is 0 Å². The number of hydrogen-bond acceptors (Lipinski definition) is 3. The summed E-state index contributed by atoms with van der Waals surface area (Å²) in [5.41, 5.74) is 11.0. The van der Waals surface area contributed by atoms with E-state index >= 15 is 0 Å². The molecule has 31 heavy (non-hydrogen) atoms. The predicted octanol–water partition coefficient (Wildman–Crippen LogP) is 4.35. The summed E-state index contributed by atoms with van der Waals surface area (Å²) >= 11 is 1.35. The molecule has 0 atom stereocenters. The number of nitrogens with one attached hydrogen (secondary N) is 4. The van der Waals surface area contributed by atoms with Gasteiger partial charge in [-0.1, -0.05) is 48.2 Å². The first-order valence-electron chi connectivity index (χ1n) is 10.1. The zero-order valence-electron chi connectivity index (χ0n) is 16.7. The maximum atomic E-state index is 12.9. The number of benzene rings is 2. The number of para-hydroxylation sites is 2. The highest BCUT2D eigenvalue weighted by Gasteiger charge is 2.20. The number of nitrogens with zero attached hydrogens (tertiary/aromatic N) is 1. The third-order valence-electron chi connectivity index (χ3n) is 5.45. The molecule has 0 aliphatic rings. The van der Waals surface area contributed by atoms with Crippen LogP contribution in [0, 0.1) is 5.41 Å². The minimum absolute atomic E-state index is 0.135. The van der Waals surface area contributed by atoms with Crippen molar-refractivity contribution in [2.45, 2.75) is 12.8 Å². The highest BCUT2D eigenvalue weighted by molar-refractivity contribution is 8.13. The van der Waals surface area contributed by atoms with E-state index in [4.69, 9.17) is 11.1 Å².